The Labute approximate surface area is 155 Å². The first kappa shape index (κ1) is 18.6. The van der Waals surface area contributed by atoms with Crippen LogP contribution in [0.3, 0.4) is 0 Å². The maximum absolute atomic E-state index is 6.20. The van der Waals surface area contributed by atoms with Crippen LogP contribution in [0.4, 0.5) is 0 Å². The van der Waals surface area contributed by atoms with Gasteiger partial charge in [0, 0.05) is 43.2 Å². The highest BCUT2D eigenvalue weighted by Gasteiger charge is 2.34. The van der Waals surface area contributed by atoms with E-state index in [2.05, 4.69) is 52.7 Å². The maximum atomic E-state index is 6.20. The van der Waals surface area contributed by atoms with E-state index in [4.69, 9.17) is 11.6 Å². The van der Waals surface area contributed by atoms with Crippen molar-refractivity contribution in [3.63, 3.8) is 0 Å². The molecule has 2 heterocycles. The van der Waals surface area contributed by atoms with Gasteiger partial charge in [0.05, 0.1) is 0 Å². The Morgan fingerprint density at radius 2 is 1.78 bits per heavy atom. The van der Waals surface area contributed by atoms with E-state index in [-0.39, 0.29) is 24.8 Å². The molecule has 2 aromatic rings. The van der Waals surface area contributed by atoms with Crippen molar-refractivity contribution in [3.8, 4) is 0 Å². The van der Waals surface area contributed by atoms with Gasteiger partial charge in [0.15, 0.2) is 0 Å². The summed E-state index contributed by atoms with van der Waals surface area (Å²) in [7, 11) is 0. The fourth-order valence-corrected chi connectivity index (χ4v) is 3.94. The lowest BCUT2D eigenvalue weighted by atomic mass is 9.81. The zero-order valence-electron chi connectivity index (χ0n) is 12.7. The second-order valence-electron chi connectivity index (χ2n) is 5.95. The van der Waals surface area contributed by atoms with Gasteiger partial charge in [0.2, 0.25) is 0 Å². The van der Waals surface area contributed by atoms with Crippen LogP contribution in [0, 0.1) is 0 Å². The van der Waals surface area contributed by atoms with Gasteiger partial charge < -0.3 is 5.32 Å². The number of piperazine rings is 1. The molecule has 1 N–H and O–H groups in total. The summed E-state index contributed by atoms with van der Waals surface area (Å²) >= 11 is 6.20. The molecular weight excluding hydrogens is 351 g/mol. The third-order valence-electron chi connectivity index (χ3n) is 4.75. The largest absolute Gasteiger partial charge is 0.314 e. The summed E-state index contributed by atoms with van der Waals surface area (Å²) in [4.78, 5) is 2.62. The van der Waals surface area contributed by atoms with Crippen LogP contribution in [0.1, 0.15) is 28.7 Å². The van der Waals surface area contributed by atoms with Crippen molar-refractivity contribution < 1.29 is 0 Å². The van der Waals surface area contributed by atoms with Crippen LogP contribution in [-0.4, -0.2) is 31.1 Å². The van der Waals surface area contributed by atoms with Gasteiger partial charge in [-0.05, 0) is 28.8 Å². The Balaban J connectivity index is 0.000000960. The lowest BCUT2D eigenvalue weighted by Crippen LogP contribution is -2.50. The molecule has 0 aliphatic carbocycles. The third kappa shape index (κ3) is 3.52. The molecule has 0 saturated carbocycles. The summed E-state index contributed by atoms with van der Waals surface area (Å²) in [6.07, 6.45) is 0. The molecule has 23 heavy (non-hydrogen) atoms. The van der Waals surface area contributed by atoms with Crippen LogP contribution in [-0.2, 0) is 0 Å². The molecule has 0 radical (unpaired) electrons. The van der Waals surface area contributed by atoms with E-state index in [1.165, 1.54) is 16.7 Å². The lowest BCUT2D eigenvalue weighted by molar-refractivity contribution is 0.143. The van der Waals surface area contributed by atoms with Gasteiger partial charge in [0.1, 0.15) is 0 Å². The summed E-state index contributed by atoms with van der Waals surface area (Å²) in [5, 5.41) is 4.35. The predicted molar refractivity (Wildman–Crippen MR) is 101 cm³/mol. The highest BCUT2D eigenvalue weighted by Crippen LogP contribution is 2.40. The van der Waals surface area contributed by atoms with Crippen LogP contribution in [0.25, 0.3) is 0 Å². The second-order valence-corrected chi connectivity index (χ2v) is 6.39. The Hall–Kier alpha value is -0.770. The van der Waals surface area contributed by atoms with Gasteiger partial charge >= 0.3 is 0 Å². The van der Waals surface area contributed by atoms with Crippen molar-refractivity contribution in [1.29, 1.82) is 0 Å². The zero-order valence-corrected chi connectivity index (χ0v) is 15.1. The van der Waals surface area contributed by atoms with Gasteiger partial charge in [-0.2, -0.15) is 0 Å². The van der Waals surface area contributed by atoms with Gasteiger partial charge in [0.25, 0.3) is 0 Å². The summed E-state index contributed by atoms with van der Waals surface area (Å²) in [5.74, 6) is 0.425. The number of nitrogens with zero attached hydrogens (tertiary/aromatic N) is 1. The molecule has 2 aliphatic heterocycles. The first-order chi connectivity index (χ1) is 10.3. The molecule has 0 amide bonds. The van der Waals surface area contributed by atoms with Crippen molar-refractivity contribution in [3.05, 3.63) is 70.2 Å². The third-order valence-corrected chi connectivity index (χ3v) is 4.99. The maximum Gasteiger partial charge on any atom is 0.0476 e. The van der Waals surface area contributed by atoms with Crippen LogP contribution in [0.5, 0.6) is 0 Å². The minimum absolute atomic E-state index is 0. The zero-order chi connectivity index (χ0) is 14.2. The van der Waals surface area contributed by atoms with Gasteiger partial charge in [-0.15, -0.1) is 24.8 Å². The molecule has 2 aromatic carbocycles. The van der Waals surface area contributed by atoms with Crippen LogP contribution in [0.2, 0.25) is 5.02 Å². The molecule has 5 heteroatoms. The highest BCUT2D eigenvalue weighted by molar-refractivity contribution is 6.30. The van der Waals surface area contributed by atoms with E-state index in [1.807, 2.05) is 6.07 Å². The topological polar surface area (TPSA) is 15.3 Å². The molecule has 4 rings (SSSR count). The molecule has 2 nitrogen and oxygen atoms in total. The number of hydrogen-bond donors (Lipinski definition) is 1. The standard InChI is InChI=1S/C18H19ClN2.2ClH/c19-14-5-3-4-13(10-14)17-12-21-9-8-20-11-18(21)16-7-2-1-6-15(16)17;;/h1-7,10,17-18,20H,8-9,11-12H2;2*1H/t17-,18-;;/m0../s1. The number of nitrogens with one attached hydrogen (secondary N) is 1. The van der Waals surface area contributed by atoms with Crippen molar-refractivity contribution in [2.24, 2.45) is 0 Å². The quantitative estimate of drug-likeness (QED) is 0.805. The second kappa shape index (κ2) is 7.87. The summed E-state index contributed by atoms with van der Waals surface area (Å²) in [6, 6.07) is 17.7. The predicted octanol–water partition coefficient (Wildman–Crippen LogP) is 4.28. The fraction of sp³-hybridized carbons (Fsp3) is 0.333. The average Bonchev–Trinajstić information content (AvgIpc) is 2.54. The van der Waals surface area contributed by atoms with Crippen LogP contribution in [0.15, 0.2) is 48.5 Å². The van der Waals surface area contributed by atoms with Gasteiger partial charge in [-0.1, -0.05) is 48.0 Å². The SMILES string of the molecule is Cl.Cl.Clc1cccc([C@@H]2CN3CCNC[C@H]3c3ccccc32)c1. The molecular formula is C18H21Cl3N2. The van der Waals surface area contributed by atoms with Gasteiger partial charge in [-0.3, -0.25) is 4.90 Å². The first-order valence-corrected chi connectivity index (χ1v) is 8.00. The summed E-state index contributed by atoms with van der Waals surface area (Å²) < 4.78 is 0. The molecule has 0 aromatic heterocycles. The van der Waals surface area contributed by atoms with E-state index in [9.17, 15) is 0 Å². The van der Waals surface area contributed by atoms with Crippen molar-refractivity contribution in [2.75, 3.05) is 26.2 Å². The van der Waals surface area contributed by atoms with E-state index < -0.39 is 0 Å². The van der Waals surface area contributed by atoms with E-state index in [0.29, 0.717) is 12.0 Å². The lowest BCUT2D eigenvalue weighted by Gasteiger charge is -2.44. The molecule has 1 fully saturated rings. The molecule has 124 valence electrons. The normalized spacial score (nSPS) is 23.0. The highest BCUT2D eigenvalue weighted by atomic mass is 35.5. The van der Waals surface area contributed by atoms with E-state index in [1.54, 1.807) is 0 Å². The number of benzene rings is 2. The van der Waals surface area contributed by atoms with Crippen molar-refractivity contribution in [2.45, 2.75) is 12.0 Å². The number of rotatable bonds is 1. The summed E-state index contributed by atoms with van der Waals surface area (Å²) in [6.45, 7) is 4.35. The smallest absolute Gasteiger partial charge is 0.0476 e. The number of halogens is 3. The number of hydrogen-bond acceptors (Lipinski definition) is 2. The molecule has 0 unspecified atom stereocenters. The Bertz CT molecular complexity index is 662. The molecule has 2 atom stereocenters. The summed E-state index contributed by atoms with van der Waals surface area (Å²) in [5.41, 5.74) is 4.26. The van der Waals surface area contributed by atoms with Crippen LogP contribution < -0.4 is 5.32 Å². The minimum Gasteiger partial charge on any atom is -0.314 e. The Morgan fingerprint density at radius 1 is 1.00 bits per heavy atom. The number of fused-ring (bicyclic) bond motifs is 3. The van der Waals surface area contributed by atoms with Crippen LogP contribution >= 0.6 is 36.4 Å². The first-order valence-electron chi connectivity index (χ1n) is 7.62. The monoisotopic (exact) mass is 370 g/mol. The molecule has 2 aliphatic rings. The van der Waals surface area contributed by atoms with Crippen molar-refractivity contribution >= 4 is 36.4 Å². The molecule has 0 bridgehead atoms. The molecule has 0 spiro atoms. The molecule has 1 saturated heterocycles. The van der Waals surface area contributed by atoms with E-state index in [0.717, 1.165) is 31.2 Å². The van der Waals surface area contributed by atoms with Gasteiger partial charge in [-0.25, -0.2) is 0 Å². The fourth-order valence-electron chi connectivity index (χ4n) is 3.74. The van der Waals surface area contributed by atoms with E-state index >= 15 is 0 Å². The average molecular weight is 372 g/mol. The Kier molecular flexibility index (Phi) is 6.35. The Morgan fingerprint density at radius 3 is 2.57 bits per heavy atom. The van der Waals surface area contributed by atoms with Crippen molar-refractivity contribution in [1.82, 2.24) is 10.2 Å². The minimum atomic E-state index is 0.